The Kier molecular flexibility index (Phi) is 46.8. The standard InChI is InChI=1S/C55H111N2O6P/c1-6-8-10-12-14-16-18-20-22-24-26-27-28-29-30-31-33-35-37-39-41-43-45-47-49-55(59)56-53(52-63-64(60,61)62-51-50-57(3,4)5)54(58)48-46-44-42-40-38-36-34-32-25-23-21-19-17-15-13-11-9-7-2/h46,48,53-54,58H,6-45,47,49-52H2,1-5H3,(H-,56,59,60,61)/p+1/b48-46+. The molecule has 0 aliphatic carbocycles. The van der Waals surface area contributed by atoms with Gasteiger partial charge in [0.25, 0.3) is 0 Å². The minimum absolute atomic E-state index is 0.0651. The minimum atomic E-state index is -4.34. The second-order valence-electron chi connectivity index (χ2n) is 20.7. The van der Waals surface area contributed by atoms with Crippen LogP contribution >= 0.6 is 7.82 Å². The first-order chi connectivity index (χ1) is 31.0. The van der Waals surface area contributed by atoms with Crippen molar-refractivity contribution in [1.29, 1.82) is 0 Å². The van der Waals surface area contributed by atoms with Crippen molar-refractivity contribution < 1.29 is 32.9 Å². The summed E-state index contributed by atoms with van der Waals surface area (Å²) in [6, 6.07) is -0.841. The van der Waals surface area contributed by atoms with Crippen LogP contribution < -0.4 is 5.32 Å². The Bertz CT molecular complexity index is 1050. The van der Waals surface area contributed by atoms with Gasteiger partial charge in [0.05, 0.1) is 39.9 Å². The SMILES string of the molecule is CCCCCCCCCCCCCCCCCC/C=C/C(O)C(COP(=O)(O)OCC[N+](C)(C)C)NC(=O)CCCCCCCCCCCCCCCCCCCCCCCCCC. The molecule has 0 aromatic carbocycles. The Balaban J connectivity index is 4.18. The van der Waals surface area contributed by atoms with Crippen LogP contribution in [-0.4, -0.2) is 73.4 Å². The molecule has 3 atom stereocenters. The molecule has 0 aliphatic rings. The number of allylic oxidation sites excluding steroid dienone is 1. The first kappa shape index (κ1) is 63.2. The lowest BCUT2D eigenvalue weighted by Gasteiger charge is -2.25. The number of unbranched alkanes of at least 4 members (excludes halogenated alkanes) is 39. The molecule has 0 fully saturated rings. The van der Waals surface area contributed by atoms with Gasteiger partial charge in [0.15, 0.2) is 0 Å². The van der Waals surface area contributed by atoms with Crippen LogP contribution in [-0.2, 0) is 18.4 Å². The van der Waals surface area contributed by atoms with Gasteiger partial charge in [-0.2, -0.15) is 0 Å². The fourth-order valence-electron chi connectivity index (χ4n) is 8.57. The van der Waals surface area contributed by atoms with E-state index in [-0.39, 0.29) is 19.1 Å². The van der Waals surface area contributed by atoms with Crippen molar-refractivity contribution in [3.8, 4) is 0 Å². The van der Waals surface area contributed by atoms with Gasteiger partial charge in [0.1, 0.15) is 13.2 Å². The zero-order valence-corrected chi connectivity index (χ0v) is 44.4. The van der Waals surface area contributed by atoms with E-state index in [4.69, 9.17) is 9.05 Å². The molecule has 0 rings (SSSR count). The summed E-state index contributed by atoms with van der Waals surface area (Å²) in [4.78, 5) is 23.3. The van der Waals surface area contributed by atoms with E-state index in [1.165, 1.54) is 231 Å². The van der Waals surface area contributed by atoms with Gasteiger partial charge in [0.2, 0.25) is 5.91 Å². The van der Waals surface area contributed by atoms with Crippen LogP contribution in [0.4, 0.5) is 0 Å². The molecule has 3 unspecified atom stereocenters. The number of aliphatic hydroxyl groups is 1. The fourth-order valence-corrected chi connectivity index (χ4v) is 9.31. The van der Waals surface area contributed by atoms with E-state index in [9.17, 15) is 19.4 Å². The summed E-state index contributed by atoms with van der Waals surface area (Å²) >= 11 is 0. The normalized spacial score (nSPS) is 14.0. The highest BCUT2D eigenvalue weighted by atomic mass is 31.2. The zero-order valence-electron chi connectivity index (χ0n) is 43.6. The molecule has 1 amide bonds. The Morgan fingerprint density at radius 3 is 1.16 bits per heavy atom. The summed E-state index contributed by atoms with van der Waals surface area (Å²) < 4.78 is 23.7. The number of phosphoric acid groups is 1. The van der Waals surface area contributed by atoms with Crippen molar-refractivity contribution in [3.05, 3.63) is 12.2 Å². The molecule has 0 saturated heterocycles. The van der Waals surface area contributed by atoms with Gasteiger partial charge in [-0.05, 0) is 19.3 Å². The van der Waals surface area contributed by atoms with E-state index < -0.39 is 20.0 Å². The van der Waals surface area contributed by atoms with Crippen LogP contribution in [0.1, 0.15) is 284 Å². The number of nitrogens with one attached hydrogen (secondary N) is 1. The van der Waals surface area contributed by atoms with E-state index in [1.54, 1.807) is 6.08 Å². The van der Waals surface area contributed by atoms with Crippen LogP contribution in [0.2, 0.25) is 0 Å². The van der Waals surface area contributed by atoms with Crippen molar-refractivity contribution in [2.24, 2.45) is 0 Å². The van der Waals surface area contributed by atoms with Gasteiger partial charge in [0, 0.05) is 6.42 Å². The predicted octanol–water partition coefficient (Wildman–Crippen LogP) is 16.7. The van der Waals surface area contributed by atoms with Gasteiger partial charge >= 0.3 is 7.82 Å². The van der Waals surface area contributed by atoms with Crippen LogP contribution in [0, 0.1) is 0 Å². The number of aliphatic hydroxyl groups excluding tert-OH is 1. The van der Waals surface area contributed by atoms with Gasteiger partial charge in [-0.25, -0.2) is 4.57 Å². The number of quaternary nitrogens is 1. The molecule has 0 heterocycles. The molecule has 3 N–H and O–H groups in total. The van der Waals surface area contributed by atoms with Crippen LogP contribution in [0.15, 0.2) is 12.2 Å². The molecule has 0 spiro atoms. The molecule has 0 bridgehead atoms. The summed E-state index contributed by atoms with van der Waals surface area (Å²) in [6.07, 6.45) is 57.3. The average Bonchev–Trinajstić information content (AvgIpc) is 3.25. The number of carbonyl (C=O) groups is 1. The van der Waals surface area contributed by atoms with E-state index in [2.05, 4.69) is 19.2 Å². The monoisotopic (exact) mass is 928 g/mol. The molecular weight excluding hydrogens is 816 g/mol. The van der Waals surface area contributed by atoms with Crippen molar-refractivity contribution in [3.63, 3.8) is 0 Å². The third-order valence-corrected chi connectivity index (χ3v) is 14.0. The van der Waals surface area contributed by atoms with Crippen molar-refractivity contribution in [2.45, 2.75) is 296 Å². The second-order valence-corrected chi connectivity index (χ2v) is 22.1. The molecule has 0 aliphatic heterocycles. The topological polar surface area (TPSA) is 105 Å². The number of nitrogens with zero attached hydrogens (tertiary/aromatic N) is 1. The van der Waals surface area contributed by atoms with E-state index in [1.807, 2.05) is 27.2 Å². The van der Waals surface area contributed by atoms with Crippen LogP contribution in [0.5, 0.6) is 0 Å². The Labute approximate surface area is 399 Å². The Hall–Kier alpha value is -0.760. The van der Waals surface area contributed by atoms with Gasteiger partial charge in [-0.1, -0.05) is 270 Å². The highest BCUT2D eigenvalue weighted by molar-refractivity contribution is 7.47. The fraction of sp³-hybridized carbons (Fsp3) is 0.945. The number of likely N-dealkylation sites (N-methyl/N-ethyl adjacent to an activating group) is 1. The van der Waals surface area contributed by atoms with Crippen LogP contribution in [0.25, 0.3) is 0 Å². The van der Waals surface area contributed by atoms with Crippen LogP contribution in [0.3, 0.4) is 0 Å². The third kappa shape index (κ3) is 49.2. The largest absolute Gasteiger partial charge is 0.472 e. The highest BCUT2D eigenvalue weighted by Gasteiger charge is 2.27. The first-order valence-electron chi connectivity index (χ1n) is 28.1. The maximum Gasteiger partial charge on any atom is 0.472 e. The summed E-state index contributed by atoms with van der Waals surface area (Å²) in [5.41, 5.74) is 0. The van der Waals surface area contributed by atoms with Gasteiger partial charge < -0.3 is 19.8 Å². The van der Waals surface area contributed by atoms with E-state index in [0.29, 0.717) is 17.4 Å². The molecule has 8 nitrogen and oxygen atoms in total. The third-order valence-electron chi connectivity index (χ3n) is 13.0. The molecule has 382 valence electrons. The molecule has 0 aromatic heterocycles. The Morgan fingerprint density at radius 1 is 0.516 bits per heavy atom. The summed E-state index contributed by atoms with van der Waals surface area (Å²) in [7, 11) is 1.59. The number of phosphoric ester groups is 1. The predicted molar refractivity (Wildman–Crippen MR) is 277 cm³/mol. The molecule has 9 heteroatoms. The number of hydrogen-bond donors (Lipinski definition) is 3. The summed E-state index contributed by atoms with van der Waals surface area (Å²) in [5, 5.41) is 13.9. The van der Waals surface area contributed by atoms with Gasteiger partial charge in [-0.15, -0.1) is 0 Å². The van der Waals surface area contributed by atoms with Crippen molar-refractivity contribution >= 4 is 13.7 Å². The minimum Gasteiger partial charge on any atom is -0.387 e. The van der Waals surface area contributed by atoms with Crippen molar-refractivity contribution in [2.75, 3.05) is 40.9 Å². The second kappa shape index (κ2) is 47.3. The molecule has 64 heavy (non-hydrogen) atoms. The molecular formula is C55H112N2O6P+. The van der Waals surface area contributed by atoms with E-state index in [0.717, 1.165) is 32.1 Å². The first-order valence-corrected chi connectivity index (χ1v) is 29.6. The lowest BCUT2D eigenvalue weighted by Crippen LogP contribution is -2.45. The smallest absolute Gasteiger partial charge is 0.387 e. The quantitative estimate of drug-likeness (QED) is 0.0243. The van der Waals surface area contributed by atoms with Gasteiger partial charge in [-0.3, -0.25) is 13.8 Å². The molecule has 0 aromatic rings. The number of amides is 1. The summed E-state index contributed by atoms with van der Waals surface area (Å²) in [6.45, 7) is 4.86. The maximum atomic E-state index is 13.0. The number of hydrogen-bond acceptors (Lipinski definition) is 5. The van der Waals surface area contributed by atoms with E-state index >= 15 is 0 Å². The average molecular weight is 928 g/mol. The molecule has 0 radical (unpaired) electrons. The summed E-state index contributed by atoms with van der Waals surface area (Å²) in [5.74, 6) is -0.170. The highest BCUT2D eigenvalue weighted by Crippen LogP contribution is 2.43. The lowest BCUT2D eigenvalue weighted by molar-refractivity contribution is -0.870. The number of carbonyl (C=O) groups excluding carboxylic acids is 1. The molecule has 0 saturated carbocycles. The zero-order chi connectivity index (χ0) is 47.1. The maximum absolute atomic E-state index is 13.0. The van der Waals surface area contributed by atoms with Crippen molar-refractivity contribution in [1.82, 2.24) is 5.32 Å². The lowest BCUT2D eigenvalue weighted by atomic mass is 10.0. The number of rotatable bonds is 52. The Morgan fingerprint density at radius 2 is 0.828 bits per heavy atom.